The molecule has 0 fully saturated rings. The molecule has 0 aliphatic rings. The predicted molar refractivity (Wildman–Crippen MR) is 112 cm³/mol. The van der Waals surface area contributed by atoms with Gasteiger partial charge in [-0.2, -0.15) is 0 Å². The molecule has 1 amide bonds. The number of hydrogen-bond donors (Lipinski definition) is 1. The third-order valence-corrected chi connectivity index (χ3v) is 4.38. The van der Waals surface area contributed by atoms with Gasteiger partial charge in [0, 0.05) is 38.7 Å². The summed E-state index contributed by atoms with van der Waals surface area (Å²) in [4.78, 5) is 30.4. The maximum absolute atomic E-state index is 12.1. The number of amides is 1. The van der Waals surface area contributed by atoms with Crippen molar-refractivity contribution >= 4 is 11.7 Å². The maximum atomic E-state index is 12.1. The van der Waals surface area contributed by atoms with E-state index in [0.29, 0.717) is 42.9 Å². The summed E-state index contributed by atoms with van der Waals surface area (Å²) >= 11 is 0. The van der Waals surface area contributed by atoms with E-state index >= 15 is 0 Å². The van der Waals surface area contributed by atoms with Gasteiger partial charge in [0.15, 0.2) is 11.5 Å². The summed E-state index contributed by atoms with van der Waals surface area (Å²) in [5, 5.41) is 13.6. The number of imidazole rings is 1. The number of aryl methyl sites for hydroxylation is 2. The first-order chi connectivity index (χ1) is 15.0. The molecule has 2 aromatic heterocycles. The zero-order chi connectivity index (χ0) is 22.2. The summed E-state index contributed by atoms with van der Waals surface area (Å²) in [6, 6.07) is 10.9. The van der Waals surface area contributed by atoms with Crippen LogP contribution in [0.5, 0.6) is 17.4 Å². The molecule has 10 heteroatoms. The van der Waals surface area contributed by atoms with Gasteiger partial charge in [0.2, 0.25) is 17.6 Å². The Labute approximate surface area is 179 Å². The number of pyridine rings is 1. The molecule has 1 aromatic carbocycles. The van der Waals surface area contributed by atoms with Crippen LogP contribution in [0.1, 0.15) is 24.7 Å². The smallest absolute Gasteiger partial charge is 0.381 e. The number of rotatable bonds is 10. The van der Waals surface area contributed by atoms with Crippen molar-refractivity contribution in [1.82, 2.24) is 19.9 Å². The highest BCUT2D eigenvalue weighted by molar-refractivity contribution is 5.75. The standard InChI is InChI=1S/C21H23N5O5/c1-3-30-17-6-4-5-7-18(17)31-21-9-8-16(13-23-21)12-22-20(27)10-11-25-14-19(26(28)29)24-15(25)2/h4-9,13-14H,3,10-12H2,1-2H3,(H,22,27). The minimum Gasteiger partial charge on any atom is -0.490 e. The Balaban J connectivity index is 1.49. The van der Waals surface area contributed by atoms with Crippen molar-refractivity contribution in [1.29, 1.82) is 0 Å². The van der Waals surface area contributed by atoms with Crippen molar-refractivity contribution in [3.8, 4) is 17.4 Å². The highest BCUT2D eigenvalue weighted by Gasteiger charge is 2.15. The Morgan fingerprint density at radius 1 is 1.23 bits per heavy atom. The fourth-order valence-corrected chi connectivity index (χ4v) is 2.81. The predicted octanol–water partition coefficient (Wildman–Crippen LogP) is 3.39. The van der Waals surface area contributed by atoms with Gasteiger partial charge in [-0.25, -0.2) is 4.98 Å². The van der Waals surface area contributed by atoms with Crippen LogP contribution in [0.2, 0.25) is 0 Å². The van der Waals surface area contributed by atoms with Gasteiger partial charge in [-0.1, -0.05) is 18.2 Å². The van der Waals surface area contributed by atoms with Gasteiger partial charge in [0.25, 0.3) is 0 Å². The van der Waals surface area contributed by atoms with Gasteiger partial charge in [-0.05, 0) is 34.5 Å². The average molecular weight is 425 g/mol. The average Bonchev–Trinajstić information content (AvgIpc) is 3.14. The third kappa shape index (κ3) is 6.01. The SMILES string of the molecule is CCOc1ccccc1Oc1ccc(CNC(=O)CCn2cc([N+](=O)[O-])nc2C)cn1. The molecule has 2 heterocycles. The van der Waals surface area contributed by atoms with E-state index in [4.69, 9.17) is 9.47 Å². The van der Waals surface area contributed by atoms with E-state index in [1.54, 1.807) is 29.8 Å². The van der Waals surface area contributed by atoms with Crippen LogP contribution in [0.4, 0.5) is 5.82 Å². The molecule has 3 rings (SSSR count). The molecule has 3 aromatic rings. The number of benzene rings is 1. The van der Waals surface area contributed by atoms with Crippen molar-refractivity contribution in [3.05, 3.63) is 70.3 Å². The Bertz CT molecular complexity index is 1050. The highest BCUT2D eigenvalue weighted by Crippen LogP contribution is 2.30. The maximum Gasteiger partial charge on any atom is 0.381 e. The van der Waals surface area contributed by atoms with Gasteiger partial charge < -0.3 is 29.5 Å². The monoisotopic (exact) mass is 425 g/mol. The minimum absolute atomic E-state index is 0.178. The molecular formula is C21H23N5O5. The summed E-state index contributed by atoms with van der Waals surface area (Å²) in [5.74, 6) is 1.72. The number of para-hydroxylation sites is 2. The van der Waals surface area contributed by atoms with Crippen LogP contribution < -0.4 is 14.8 Å². The third-order valence-electron chi connectivity index (χ3n) is 4.38. The van der Waals surface area contributed by atoms with Crippen LogP contribution in [-0.4, -0.2) is 32.0 Å². The van der Waals surface area contributed by atoms with Crippen LogP contribution in [0, 0.1) is 17.0 Å². The number of nitrogens with zero attached hydrogens (tertiary/aromatic N) is 4. The van der Waals surface area contributed by atoms with E-state index in [2.05, 4.69) is 15.3 Å². The zero-order valence-electron chi connectivity index (χ0n) is 17.3. The van der Waals surface area contributed by atoms with Gasteiger partial charge in [-0.3, -0.25) is 4.79 Å². The summed E-state index contributed by atoms with van der Waals surface area (Å²) < 4.78 is 12.9. The number of carbonyl (C=O) groups excluding carboxylic acids is 1. The topological polar surface area (TPSA) is 121 Å². The number of nitro groups is 1. The minimum atomic E-state index is -0.556. The van der Waals surface area contributed by atoms with Gasteiger partial charge in [0.05, 0.1) is 6.61 Å². The van der Waals surface area contributed by atoms with Crippen LogP contribution in [0.15, 0.2) is 48.8 Å². The molecule has 10 nitrogen and oxygen atoms in total. The number of ether oxygens (including phenoxy) is 2. The van der Waals surface area contributed by atoms with Crippen LogP contribution >= 0.6 is 0 Å². The van der Waals surface area contributed by atoms with E-state index in [0.717, 1.165) is 5.56 Å². The summed E-state index contributed by atoms with van der Waals surface area (Å²) in [7, 11) is 0. The van der Waals surface area contributed by atoms with E-state index < -0.39 is 4.92 Å². The van der Waals surface area contributed by atoms with Crippen molar-refractivity contribution in [2.75, 3.05) is 6.61 Å². The summed E-state index contributed by atoms with van der Waals surface area (Å²) in [5.41, 5.74) is 0.813. The molecule has 162 valence electrons. The van der Waals surface area contributed by atoms with Crippen molar-refractivity contribution in [3.63, 3.8) is 0 Å². The summed E-state index contributed by atoms with van der Waals surface area (Å²) in [6.07, 6.45) is 3.13. The second kappa shape index (κ2) is 10.2. The van der Waals surface area contributed by atoms with Crippen LogP contribution in [0.25, 0.3) is 0 Å². The largest absolute Gasteiger partial charge is 0.490 e. The lowest BCUT2D eigenvalue weighted by Crippen LogP contribution is -2.24. The molecule has 0 spiro atoms. The van der Waals surface area contributed by atoms with Crippen molar-refractivity contribution in [2.24, 2.45) is 0 Å². The van der Waals surface area contributed by atoms with Crippen LogP contribution in [-0.2, 0) is 17.9 Å². The molecule has 0 atom stereocenters. The molecule has 0 bridgehead atoms. The fraction of sp³-hybridized carbons (Fsp3) is 0.286. The second-order valence-corrected chi connectivity index (χ2v) is 6.61. The molecule has 0 radical (unpaired) electrons. The molecule has 0 saturated heterocycles. The fourth-order valence-electron chi connectivity index (χ4n) is 2.81. The lowest BCUT2D eigenvalue weighted by Gasteiger charge is -2.11. The van der Waals surface area contributed by atoms with E-state index in [9.17, 15) is 14.9 Å². The molecule has 1 N–H and O–H groups in total. The van der Waals surface area contributed by atoms with Gasteiger partial charge in [-0.15, -0.1) is 0 Å². The quantitative estimate of drug-likeness (QED) is 0.390. The number of nitrogens with one attached hydrogen (secondary N) is 1. The first-order valence-electron chi connectivity index (χ1n) is 9.75. The molecule has 31 heavy (non-hydrogen) atoms. The lowest BCUT2D eigenvalue weighted by molar-refractivity contribution is -0.389. The Hall–Kier alpha value is -3.95. The van der Waals surface area contributed by atoms with Crippen molar-refractivity contribution in [2.45, 2.75) is 33.4 Å². The van der Waals surface area contributed by atoms with E-state index in [-0.39, 0.29) is 18.1 Å². The Morgan fingerprint density at radius 3 is 2.65 bits per heavy atom. The first kappa shape index (κ1) is 21.8. The molecule has 0 aliphatic carbocycles. The normalized spacial score (nSPS) is 10.5. The van der Waals surface area contributed by atoms with Gasteiger partial charge >= 0.3 is 5.82 Å². The lowest BCUT2D eigenvalue weighted by atomic mass is 10.2. The van der Waals surface area contributed by atoms with E-state index in [1.807, 2.05) is 31.2 Å². The summed E-state index contributed by atoms with van der Waals surface area (Å²) in [6.45, 7) is 4.71. The highest BCUT2D eigenvalue weighted by atomic mass is 16.6. The van der Waals surface area contributed by atoms with E-state index in [1.165, 1.54) is 6.20 Å². The first-order valence-corrected chi connectivity index (χ1v) is 9.75. The van der Waals surface area contributed by atoms with Gasteiger partial charge in [0.1, 0.15) is 6.20 Å². The second-order valence-electron chi connectivity index (χ2n) is 6.61. The molecule has 0 aliphatic heterocycles. The Kier molecular flexibility index (Phi) is 7.15. The molecular weight excluding hydrogens is 402 g/mol. The molecule has 0 saturated carbocycles. The Morgan fingerprint density at radius 2 is 2.00 bits per heavy atom. The molecule has 0 unspecified atom stereocenters. The zero-order valence-corrected chi connectivity index (χ0v) is 17.3. The number of carbonyl (C=O) groups is 1. The number of aromatic nitrogens is 3. The van der Waals surface area contributed by atoms with Crippen LogP contribution in [0.3, 0.4) is 0 Å². The van der Waals surface area contributed by atoms with Crippen molar-refractivity contribution < 1.29 is 19.2 Å². The number of hydrogen-bond acceptors (Lipinski definition) is 7.